The minimum Gasteiger partial charge on any atom is -0.507 e. The number of hydrogen-bond acceptors (Lipinski definition) is 2. The van der Waals surface area contributed by atoms with E-state index in [9.17, 15) is 5.11 Å². The summed E-state index contributed by atoms with van der Waals surface area (Å²) in [6.45, 7) is 0. The smallest absolute Gasteiger partial charge is 0.125 e. The van der Waals surface area contributed by atoms with Crippen molar-refractivity contribution < 1.29 is 5.11 Å². The molecule has 0 saturated carbocycles. The molecular formula is C23H15Cl3N2O. The molecular weight excluding hydrogens is 427 g/mol. The average molecular weight is 442 g/mol. The number of aromatic nitrogens is 2. The molecule has 1 heterocycles. The van der Waals surface area contributed by atoms with Gasteiger partial charge in [0.05, 0.1) is 27.1 Å². The van der Waals surface area contributed by atoms with Gasteiger partial charge in [-0.25, -0.2) is 4.68 Å². The topological polar surface area (TPSA) is 38.1 Å². The Kier molecular flexibility index (Phi) is 5.63. The molecule has 0 fully saturated rings. The Morgan fingerprint density at radius 2 is 1.59 bits per heavy atom. The maximum Gasteiger partial charge on any atom is 0.125 e. The van der Waals surface area contributed by atoms with Crippen LogP contribution in [0.5, 0.6) is 5.75 Å². The quantitative estimate of drug-likeness (QED) is 0.359. The molecule has 29 heavy (non-hydrogen) atoms. The molecule has 0 spiro atoms. The van der Waals surface area contributed by atoms with Crippen LogP contribution >= 0.6 is 34.8 Å². The molecule has 0 radical (unpaired) electrons. The second-order valence-electron chi connectivity index (χ2n) is 6.37. The number of benzene rings is 3. The Labute approximate surface area is 183 Å². The molecule has 144 valence electrons. The highest BCUT2D eigenvalue weighted by Gasteiger charge is 2.14. The molecule has 0 bridgehead atoms. The Hall–Kier alpha value is -2.72. The molecule has 0 amide bonds. The van der Waals surface area contributed by atoms with Crippen LogP contribution in [0.15, 0.2) is 72.8 Å². The Morgan fingerprint density at radius 3 is 2.34 bits per heavy atom. The number of rotatable bonds is 4. The summed E-state index contributed by atoms with van der Waals surface area (Å²) in [6.07, 6.45) is 3.78. The molecule has 0 aliphatic heterocycles. The van der Waals surface area contributed by atoms with E-state index in [0.717, 1.165) is 16.9 Å². The summed E-state index contributed by atoms with van der Waals surface area (Å²) in [5, 5.41) is 16.6. The van der Waals surface area contributed by atoms with E-state index >= 15 is 0 Å². The van der Waals surface area contributed by atoms with Gasteiger partial charge in [0.25, 0.3) is 0 Å². The van der Waals surface area contributed by atoms with Gasteiger partial charge in [0, 0.05) is 10.6 Å². The number of phenolic OH excluding ortho intramolecular Hbond substituents is 1. The third-order valence-corrected chi connectivity index (χ3v) is 5.33. The lowest BCUT2D eigenvalue weighted by Crippen LogP contribution is -1.99. The van der Waals surface area contributed by atoms with Crippen LogP contribution in [-0.4, -0.2) is 14.9 Å². The first-order valence-electron chi connectivity index (χ1n) is 8.79. The van der Waals surface area contributed by atoms with Crippen molar-refractivity contribution in [2.75, 3.05) is 0 Å². The summed E-state index contributed by atoms with van der Waals surface area (Å²) < 4.78 is 1.78. The predicted molar refractivity (Wildman–Crippen MR) is 121 cm³/mol. The second kappa shape index (κ2) is 8.34. The molecule has 3 aromatic carbocycles. The lowest BCUT2D eigenvalue weighted by molar-refractivity contribution is 0.477. The van der Waals surface area contributed by atoms with Gasteiger partial charge < -0.3 is 5.11 Å². The number of hydrogen-bond donors (Lipinski definition) is 1. The molecule has 4 aromatic rings. The average Bonchev–Trinajstić information content (AvgIpc) is 3.15. The third kappa shape index (κ3) is 4.33. The SMILES string of the molecule is Oc1ccc(Cl)cc1-c1cc(/C=C/c2ccc(Cl)c(Cl)c2)nn1-c1ccccc1. The van der Waals surface area contributed by atoms with Gasteiger partial charge in [-0.1, -0.05) is 65.1 Å². The standard InChI is InChI=1S/C23H15Cl3N2O/c24-16-8-11-23(29)19(13-16)22-14-17(27-28(22)18-4-2-1-3-5-18)9-6-15-7-10-20(25)21(26)12-15/h1-14,29H/b9-6+. The number of halogens is 3. The first kappa shape index (κ1) is 19.6. The Balaban J connectivity index is 1.80. The van der Waals surface area contributed by atoms with Crippen LogP contribution in [0.1, 0.15) is 11.3 Å². The minimum absolute atomic E-state index is 0.131. The van der Waals surface area contributed by atoms with Crippen LogP contribution in [0.25, 0.3) is 29.1 Å². The molecule has 1 aromatic heterocycles. The van der Waals surface area contributed by atoms with Gasteiger partial charge in [-0.2, -0.15) is 5.10 Å². The molecule has 0 atom stereocenters. The lowest BCUT2D eigenvalue weighted by atomic mass is 10.1. The fourth-order valence-electron chi connectivity index (χ4n) is 2.95. The first-order valence-corrected chi connectivity index (χ1v) is 9.92. The van der Waals surface area contributed by atoms with Crippen molar-refractivity contribution in [2.45, 2.75) is 0 Å². The first-order chi connectivity index (χ1) is 14.0. The fraction of sp³-hybridized carbons (Fsp3) is 0. The van der Waals surface area contributed by atoms with Crippen LogP contribution in [-0.2, 0) is 0 Å². The molecule has 3 nitrogen and oxygen atoms in total. The van der Waals surface area contributed by atoms with Crippen LogP contribution in [0, 0.1) is 0 Å². The van der Waals surface area contributed by atoms with Crippen molar-refractivity contribution in [1.29, 1.82) is 0 Å². The van der Waals surface area contributed by atoms with E-state index in [2.05, 4.69) is 0 Å². The van der Waals surface area contributed by atoms with E-state index in [0.29, 0.717) is 26.3 Å². The summed E-state index contributed by atoms with van der Waals surface area (Å²) in [4.78, 5) is 0. The highest BCUT2D eigenvalue weighted by atomic mass is 35.5. The molecule has 0 unspecified atom stereocenters. The molecule has 4 rings (SSSR count). The zero-order valence-corrected chi connectivity index (χ0v) is 17.3. The van der Waals surface area contributed by atoms with Gasteiger partial charge >= 0.3 is 0 Å². The van der Waals surface area contributed by atoms with Crippen LogP contribution in [0.3, 0.4) is 0 Å². The van der Waals surface area contributed by atoms with Crippen molar-refractivity contribution in [1.82, 2.24) is 9.78 Å². The van der Waals surface area contributed by atoms with Crippen molar-refractivity contribution in [3.05, 3.63) is 99.1 Å². The number of aromatic hydroxyl groups is 1. The van der Waals surface area contributed by atoms with Crippen LogP contribution < -0.4 is 0 Å². The molecule has 6 heteroatoms. The van der Waals surface area contributed by atoms with E-state index in [1.54, 1.807) is 35.0 Å². The van der Waals surface area contributed by atoms with Gasteiger partial charge in [-0.15, -0.1) is 0 Å². The maximum absolute atomic E-state index is 10.4. The van der Waals surface area contributed by atoms with E-state index < -0.39 is 0 Å². The normalized spacial score (nSPS) is 11.3. The summed E-state index contributed by atoms with van der Waals surface area (Å²) in [5.74, 6) is 0.131. The number of para-hydroxylation sites is 1. The van der Waals surface area contributed by atoms with Crippen molar-refractivity contribution in [3.63, 3.8) is 0 Å². The van der Waals surface area contributed by atoms with E-state index in [-0.39, 0.29) is 5.75 Å². The zero-order chi connectivity index (χ0) is 20.4. The van der Waals surface area contributed by atoms with E-state index in [1.807, 2.05) is 54.6 Å². The summed E-state index contributed by atoms with van der Waals surface area (Å²) in [5.41, 5.74) is 3.82. The van der Waals surface area contributed by atoms with E-state index in [4.69, 9.17) is 39.9 Å². The molecule has 0 saturated heterocycles. The monoisotopic (exact) mass is 440 g/mol. The zero-order valence-electron chi connectivity index (χ0n) is 15.1. The number of phenols is 1. The van der Waals surface area contributed by atoms with Crippen molar-refractivity contribution >= 4 is 47.0 Å². The molecule has 0 aliphatic carbocycles. The van der Waals surface area contributed by atoms with Gasteiger partial charge in [0.2, 0.25) is 0 Å². The third-order valence-electron chi connectivity index (χ3n) is 4.35. The molecule has 0 aliphatic rings. The highest BCUT2D eigenvalue weighted by molar-refractivity contribution is 6.42. The predicted octanol–water partition coefficient (Wildman–Crippen LogP) is 7.38. The Morgan fingerprint density at radius 1 is 0.793 bits per heavy atom. The van der Waals surface area contributed by atoms with Crippen molar-refractivity contribution in [2.24, 2.45) is 0 Å². The lowest BCUT2D eigenvalue weighted by Gasteiger charge is -2.09. The van der Waals surface area contributed by atoms with Gasteiger partial charge in [-0.3, -0.25) is 0 Å². The van der Waals surface area contributed by atoms with Crippen LogP contribution in [0.2, 0.25) is 15.1 Å². The second-order valence-corrected chi connectivity index (χ2v) is 7.62. The summed E-state index contributed by atoms with van der Waals surface area (Å²) >= 11 is 18.2. The summed E-state index contributed by atoms with van der Waals surface area (Å²) in [7, 11) is 0. The number of nitrogens with zero attached hydrogens (tertiary/aromatic N) is 2. The largest absolute Gasteiger partial charge is 0.507 e. The fourth-order valence-corrected chi connectivity index (χ4v) is 3.43. The molecule has 1 N–H and O–H groups in total. The summed E-state index contributed by atoms with van der Waals surface area (Å²) in [6, 6.07) is 22.0. The van der Waals surface area contributed by atoms with Crippen molar-refractivity contribution in [3.8, 4) is 22.7 Å². The van der Waals surface area contributed by atoms with Crippen LogP contribution in [0.4, 0.5) is 0 Å². The minimum atomic E-state index is 0.131. The van der Waals surface area contributed by atoms with Gasteiger partial charge in [0.15, 0.2) is 0 Å². The van der Waals surface area contributed by atoms with E-state index in [1.165, 1.54) is 0 Å². The van der Waals surface area contributed by atoms with Gasteiger partial charge in [0.1, 0.15) is 5.75 Å². The Bertz CT molecular complexity index is 1200. The maximum atomic E-state index is 10.4. The highest BCUT2D eigenvalue weighted by Crippen LogP contribution is 2.34. The van der Waals surface area contributed by atoms with Gasteiger partial charge in [-0.05, 0) is 60.2 Å².